The highest BCUT2D eigenvalue weighted by Crippen LogP contribution is 2.29. The summed E-state index contributed by atoms with van der Waals surface area (Å²) in [4.78, 5) is 25.7. The van der Waals surface area contributed by atoms with E-state index in [1.54, 1.807) is 7.11 Å². The molecule has 0 bridgehead atoms. The Morgan fingerprint density at radius 2 is 2.00 bits per heavy atom. The van der Waals surface area contributed by atoms with Crippen LogP contribution in [0.4, 0.5) is 4.79 Å². The maximum Gasteiger partial charge on any atom is 0.411 e. The molecule has 1 saturated heterocycles. The summed E-state index contributed by atoms with van der Waals surface area (Å²) in [6.07, 6.45) is -1.03. The number of esters is 1. The van der Waals surface area contributed by atoms with Gasteiger partial charge in [0.05, 0.1) is 20.8 Å². The van der Waals surface area contributed by atoms with Crippen LogP contribution in [0.3, 0.4) is 0 Å². The number of carbonyl (C=O) groups excluding carboxylic acids is 2. The fraction of sp³-hybridized carbons (Fsp3) is 0.500. The molecule has 0 radical (unpaired) electrons. The van der Waals surface area contributed by atoms with E-state index in [1.165, 1.54) is 12.0 Å². The molecule has 1 aromatic carbocycles. The van der Waals surface area contributed by atoms with E-state index >= 15 is 0 Å². The first-order valence-corrected chi connectivity index (χ1v) is 7.16. The lowest BCUT2D eigenvalue weighted by atomic mass is 9.99. The van der Waals surface area contributed by atoms with Gasteiger partial charge in [0.15, 0.2) is 6.04 Å². The molecule has 2 rings (SSSR count). The summed E-state index contributed by atoms with van der Waals surface area (Å²) in [5, 5.41) is 0. The summed E-state index contributed by atoms with van der Waals surface area (Å²) in [6, 6.07) is 6.61. The van der Waals surface area contributed by atoms with Gasteiger partial charge in [0.1, 0.15) is 11.9 Å². The number of amides is 1. The standard InChI is InChI=1S/C16H21NO5/c1-10(2)14-13(15(18)21-4)17(16(19)22-14)9-11-7-5-6-8-12(11)20-3/h5-8,10,13-14H,9H2,1-4H3/t13-,14+/m1/s1. The molecule has 0 aromatic heterocycles. The topological polar surface area (TPSA) is 65.1 Å². The van der Waals surface area contributed by atoms with Crippen LogP contribution in [0.5, 0.6) is 5.75 Å². The van der Waals surface area contributed by atoms with Gasteiger partial charge in [-0.3, -0.25) is 4.90 Å². The highest BCUT2D eigenvalue weighted by molar-refractivity contribution is 5.85. The van der Waals surface area contributed by atoms with Gasteiger partial charge in [-0.25, -0.2) is 9.59 Å². The molecule has 2 atom stereocenters. The summed E-state index contributed by atoms with van der Waals surface area (Å²) in [6.45, 7) is 4.03. The van der Waals surface area contributed by atoms with Gasteiger partial charge < -0.3 is 14.2 Å². The largest absolute Gasteiger partial charge is 0.496 e. The van der Waals surface area contributed by atoms with Crippen LogP contribution in [-0.4, -0.2) is 43.3 Å². The molecule has 6 nitrogen and oxygen atoms in total. The summed E-state index contributed by atoms with van der Waals surface area (Å²) in [5.74, 6) is 0.196. The Balaban J connectivity index is 2.30. The van der Waals surface area contributed by atoms with Crippen molar-refractivity contribution in [2.45, 2.75) is 32.5 Å². The number of hydrogen-bond donors (Lipinski definition) is 0. The van der Waals surface area contributed by atoms with Crippen molar-refractivity contribution in [2.24, 2.45) is 5.92 Å². The predicted molar refractivity (Wildman–Crippen MR) is 79.4 cm³/mol. The van der Waals surface area contributed by atoms with Gasteiger partial charge >= 0.3 is 12.1 Å². The van der Waals surface area contributed by atoms with Gasteiger partial charge in [-0.15, -0.1) is 0 Å². The molecule has 0 spiro atoms. The quantitative estimate of drug-likeness (QED) is 0.780. The van der Waals surface area contributed by atoms with Crippen molar-refractivity contribution >= 4 is 12.1 Å². The van der Waals surface area contributed by atoms with Gasteiger partial charge in [0, 0.05) is 5.56 Å². The third kappa shape index (κ3) is 3.00. The number of rotatable bonds is 5. The molecule has 1 heterocycles. The maximum atomic E-state index is 12.2. The highest BCUT2D eigenvalue weighted by atomic mass is 16.6. The van der Waals surface area contributed by atoms with Gasteiger partial charge in [0.25, 0.3) is 0 Å². The normalized spacial score (nSPS) is 21.0. The zero-order valence-electron chi connectivity index (χ0n) is 13.2. The van der Waals surface area contributed by atoms with E-state index in [4.69, 9.17) is 14.2 Å². The first-order valence-electron chi connectivity index (χ1n) is 7.16. The summed E-state index contributed by atoms with van der Waals surface area (Å²) < 4.78 is 15.5. The lowest BCUT2D eigenvalue weighted by Crippen LogP contribution is -2.44. The van der Waals surface area contributed by atoms with E-state index in [-0.39, 0.29) is 12.5 Å². The van der Waals surface area contributed by atoms with E-state index in [0.717, 1.165) is 5.56 Å². The smallest absolute Gasteiger partial charge is 0.411 e. The minimum atomic E-state index is -0.748. The molecule has 120 valence electrons. The number of methoxy groups -OCH3 is 2. The Morgan fingerprint density at radius 1 is 1.32 bits per heavy atom. The molecular formula is C16H21NO5. The molecule has 1 amide bonds. The molecule has 0 saturated carbocycles. The van der Waals surface area contributed by atoms with Crippen LogP contribution < -0.4 is 4.74 Å². The van der Waals surface area contributed by atoms with Gasteiger partial charge in [-0.2, -0.15) is 0 Å². The Labute approximate surface area is 129 Å². The molecule has 1 fully saturated rings. The maximum absolute atomic E-state index is 12.2. The lowest BCUT2D eigenvalue weighted by molar-refractivity contribution is -0.147. The van der Waals surface area contributed by atoms with Crippen LogP contribution in [0.25, 0.3) is 0 Å². The second-order valence-electron chi connectivity index (χ2n) is 5.50. The molecule has 1 aromatic rings. The van der Waals surface area contributed by atoms with Crippen molar-refractivity contribution in [3.8, 4) is 5.75 Å². The first kappa shape index (κ1) is 16.1. The van der Waals surface area contributed by atoms with Crippen molar-refractivity contribution in [1.29, 1.82) is 0 Å². The number of ether oxygens (including phenoxy) is 3. The lowest BCUT2D eigenvalue weighted by Gasteiger charge is -2.24. The minimum Gasteiger partial charge on any atom is -0.496 e. The van der Waals surface area contributed by atoms with Crippen molar-refractivity contribution in [3.63, 3.8) is 0 Å². The average Bonchev–Trinajstić information content (AvgIpc) is 2.84. The zero-order chi connectivity index (χ0) is 16.3. The van der Waals surface area contributed by atoms with E-state index in [2.05, 4.69) is 0 Å². The zero-order valence-corrected chi connectivity index (χ0v) is 13.2. The van der Waals surface area contributed by atoms with Crippen LogP contribution in [0.1, 0.15) is 19.4 Å². The van der Waals surface area contributed by atoms with Crippen molar-refractivity contribution in [3.05, 3.63) is 29.8 Å². The Hall–Kier alpha value is -2.24. The van der Waals surface area contributed by atoms with Crippen LogP contribution in [-0.2, 0) is 20.8 Å². The van der Waals surface area contributed by atoms with Crippen LogP contribution in [0.2, 0.25) is 0 Å². The number of benzene rings is 1. The first-order chi connectivity index (χ1) is 10.5. The molecule has 1 aliphatic rings. The molecular weight excluding hydrogens is 286 g/mol. The van der Waals surface area contributed by atoms with Gasteiger partial charge in [-0.05, 0) is 12.0 Å². The second kappa shape index (κ2) is 6.68. The molecule has 22 heavy (non-hydrogen) atoms. The summed E-state index contributed by atoms with van der Waals surface area (Å²) >= 11 is 0. The van der Waals surface area contributed by atoms with Crippen molar-refractivity contribution < 1.29 is 23.8 Å². The number of para-hydroxylation sites is 1. The molecule has 6 heteroatoms. The van der Waals surface area contributed by atoms with E-state index in [1.807, 2.05) is 38.1 Å². The number of nitrogens with zero attached hydrogens (tertiary/aromatic N) is 1. The molecule has 0 aliphatic carbocycles. The Morgan fingerprint density at radius 3 is 2.59 bits per heavy atom. The van der Waals surface area contributed by atoms with Crippen LogP contribution in [0, 0.1) is 5.92 Å². The second-order valence-corrected chi connectivity index (χ2v) is 5.50. The van der Waals surface area contributed by atoms with Gasteiger partial charge in [-0.1, -0.05) is 32.0 Å². The summed E-state index contributed by atoms with van der Waals surface area (Å²) in [5.41, 5.74) is 0.806. The van der Waals surface area contributed by atoms with Gasteiger partial charge in [0.2, 0.25) is 0 Å². The fourth-order valence-corrected chi connectivity index (χ4v) is 2.60. The van der Waals surface area contributed by atoms with E-state index < -0.39 is 24.2 Å². The fourth-order valence-electron chi connectivity index (χ4n) is 2.60. The monoisotopic (exact) mass is 307 g/mol. The Kier molecular flexibility index (Phi) is 4.90. The van der Waals surface area contributed by atoms with E-state index in [0.29, 0.717) is 5.75 Å². The van der Waals surface area contributed by atoms with Crippen LogP contribution >= 0.6 is 0 Å². The minimum absolute atomic E-state index is 0.00992. The Bertz CT molecular complexity index is 557. The molecule has 1 aliphatic heterocycles. The highest BCUT2D eigenvalue weighted by Gasteiger charge is 2.48. The van der Waals surface area contributed by atoms with Crippen LogP contribution in [0.15, 0.2) is 24.3 Å². The number of hydrogen-bond acceptors (Lipinski definition) is 5. The van der Waals surface area contributed by atoms with E-state index in [9.17, 15) is 9.59 Å². The van der Waals surface area contributed by atoms with Crippen molar-refractivity contribution in [1.82, 2.24) is 4.90 Å². The van der Waals surface area contributed by atoms with Crippen molar-refractivity contribution in [2.75, 3.05) is 14.2 Å². The average molecular weight is 307 g/mol. The molecule has 0 unspecified atom stereocenters. The third-order valence-corrected chi connectivity index (χ3v) is 3.75. The molecule has 0 N–H and O–H groups in total. The number of cyclic esters (lactones) is 1. The third-order valence-electron chi connectivity index (χ3n) is 3.75. The SMILES string of the molecule is COC(=O)[C@H]1[C@H](C(C)C)OC(=O)N1Cc1ccccc1OC. The summed E-state index contributed by atoms with van der Waals surface area (Å²) in [7, 11) is 2.87. The predicted octanol–water partition coefficient (Wildman–Crippen LogP) is 2.21. The number of carbonyl (C=O) groups is 2.